The minimum Gasteiger partial charge on any atom is -0.487 e. The number of carbonyl (C=O) groups is 1. The van der Waals surface area contributed by atoms with Gasteiger partial charge in [0, 0.05) is 10.6 Å². The minimum absolute atomic E-state index is 0.00287. The molecule has 1 unspecified atom stereocenters. The molecule has 0 aliphatic carbocycles. The maximum Gasteiger partial charge on any atom is 0.416 e. The summed E-state index contributed by atoms with van der Waals surface area (Å²) in [5.41, 5.74) is -0.0884. The van der Waals surface area contributed by atoms with Crippen LogP contribution in [0, 0.1) is 0 Å². The highest BCUT2D eigenvalue weighted by atomic mass is 32.2. The van der Waals surface area contributed by atoms with E-state index in [1.165, 1.54) is 6.07 Å². The van der Waals surface area contributed by atoms with E-state index in [9.17, 15) is 18.0 Å². The Kier molecular flexibility index (Phi) is 8.27. The number of hydrogen-bond donors (Lipinski definition) is 1. The second-order valence-electron chi connectivity index (χ2n) is 7.36. The van der Waals surface area contributed by atoms with E-state index in [1.807, 2.05) is 25.1 Å². The van der Waals surface area contributed by atoms with Gasteiger partial charge in [-0.3, -0.25) is 4.79 Å². The molecule has 33 heavy (non-hydrogen) atoms. The summed E-state index contributed by atoms with van der Waals surface area (Å²) in [6.45, 7) is 1.84. The zero-order valence-corrected chi connectivity index (χ0v) is 18.7. The van der Waals surface area contributed by atoms with Gasteiger partial charge in [-0.1, -0.05) is 30.3 Å². The minimum atomic E-state index is -4.50. The van der Waals surface area contributed by atoms with Gasteiger partial charge < -0.3 is 14.6 Å². The number of hydrogen-bond acceptors (Lipinski definition) is 4. The number of carboxylic acid groups (broad SMARTS) is 1. The molecule has 3 aromatic carbocycles. The standard InChI is InChI=1S/C25H23F3O4S/c1-17(12-13-33-21-9-5-6-18(14-21)15-24(29)30)31-22-11-10-19(25(26,27)28)16-23(22)32-20-7-3-2-4-8-20/h2-11,14,16-17H,12-13,15H2,1H3,(H,29,30). The summed E-state index contributed by atoms with van der Waals surface area (Å²) in [6.07, 6.45) is -4.19. The number of carboxylic acids is 1. The molecule has 1 atom stereocenters. The third-order valence-electron chi connectivity index (χ3n) is 4.62. The fraction of sp³-hybridized carbons (Fsp3) is 0.240. The summed E-state index contributed by atoms with van der Waals surface area (Å²) in [6, 6.07) is 19.1. The predicted octanol–water partition coefficient (Wildman–Crippen LogP) is 7.07. The lowest BCUT2D eigenvalue weighted by molar-refractivity contribution is -0.138. The Morgan fingerprint density at radius 3 is 2.45 bits per heavy atom. The van der Waals surface area contributed by atoms with Crippen molar-refractivity contribution in [3.8, 4) is 17.2 Å². The van der Waals surface area contributed by atoms with Gasteiger partial charge in [0.25, 0.3) is 0 Å². The van der Waals surface area contributed by atoms with Crippen molar-refractivity contribution in [2.24, 2.45) is 0 Å². The first kappa shape index (κ1) is 24.5. The molecule has 1 N–H and O–H groups in total. The van der Waals surface area contributed by atoms with E-state index >= 15 is 0 Å². The number of ether oxygens (including phenoxy) is 2. The molecule has 0 aliphatic rings. The summed E-state index contributed by atoms with van der Waals surface area (Å²) in [5.74, 6) is 0.438. The van der Waals surface area contributed by atoms with E-state index < -0.39 is 17.7 Å². The molecule has 3 aromatic rings. The molecule has 0 spiro atoms. The van der Waals surface area contributed by atoms with Crippen LogP contribution in [-0.4, -0.2) is 22.9 Å². The van der Waals surface area contributed by atoms with Crippen molar-refractivity contribution in [3.63, 3.8) is 0 Å². The van der Waals surface area contributed by atoms with Crippen molar-refractivity contribution >= 4 is 17.7 Å². The Labute approximate surface area is 194 Å². The van der Waals surface area contributed by atoms with Crippen LogP contribution >= 0.6 is 11.8 Å². The molecular weight excluding hydrogens is 453 g/mol. The van der Waals surface area contributed by atoms with E-state index in [2.05, 4.69) is 0 Å². The summed E-state index contributed by atoms with van der Waals surface area (Å²) < 4.78 is 51.2. The molecule has 4 nitrogen and oxygen atoms in total. The second kappa shape index (κ2) is 11.1. The molecule has 0 aromatic heterocycles. The molecule has 0 fully saturated rings. The molecule has 0 amide bonds. The van der Waals surface area contributed by atoms with Crippen molar-refractivity contribution in [2.45, 2.75) is 36.9 Å². The lowest BCUT2D eigenvalue weighted by atomic mass is 10.2. The van der Waals surface area contributed by atoms with Crippen LogP contribution in [-0.2, 0) is 17.4 Å². The third-order valence-corrected chi connectivity index (χ3v) is 5.64. The molecule has 8 heteroatoms. The van der Waals surface area contributed by atoms with Crippen LogP contribution in [0.2, 0.25) is 0 Å². The number of para-hydroxylation sites is 1. The van der Waals surface area contributed by atoms with Gasteiger partial charge in [-0.15, -0.1) is 11.8 Å². The summed E-state index contributed by atoms with van der Waals surface area (Å²) in [5, 5.41) is 8.93. The molecule has 0 saturated carbocycles. The average molecular weight is 477 g/mol. The molecule has 0 radical (unpaired) electrons. The van der Waals surface area contributed by atoms with Gasteiger partial charge in [-0.2, -0.15) is 13.2 Å². The van der Waals surface area contributed by atoms with Gasteiger partial charge in [0.2, 0.25) is 0 Å². The molecule has 0 saturated heterocycles. The van der Waals surface area contributed by atoms with Crippen LogP contribution in [0.5, 0.6) is 17.2 Å². The number of benzene rings is 3. The number of rotatable bonds is 10. The molecule has 0 heterocycles. The smallest absolute Gasteiger partial charge is 0.416 e. The Hall–Kier alpha value is -3.13. The lowest BCUT2D eigenvalue weighted by Crippen LogP contribution is -2.14. The summed E-state index contributed by atoms with van der Waals surface area (Å²) >= 11 is 1.56. The summed E-state index contributed by atoms with van der Waals surface area (Å²) in [4.78, 5) is 11.8. The van der Waals surface area contributed by atoms with E-state index in [0.717, 1.165) is 22.6 Å². The van der Waals surface area contributed by atoms with Crippen molar-refractivity contribution < 1.29 is 32.5 Å². The van der Waals surface area contributed by atoms with Crippen LogP contribution in [0.1, 0.15) is 24.5 Å². The van der Waals surface area contributed by atoms with E-state index in [1.54, 1.807) is 48.2 Å². The van der Waals surface area contributed by atoms with Crippen molar-refractivity contribution in [2.75, 3.05) is 5.75 Å². The quantitative estimate of drug-likeness (QED) is 0.317. The predicted molar refractivity (Wildman–Crippen MR) is 121 cm³/mol. The van der Waals surface area contributed by atoms with Crippen LogP contribution in [0.3, 0.4) is 0 Å². The third kappa shape index (κ3) is 7.75. The van der Waals surface area contributed by atoms with Crippen LogP contribution in [0.4, 0.5) is 13.2 Å². The SMILES string of the molecule is CC(CCSc1cccc(CC(=O)O)c1)Oc1ccc(C(F)(F)F)cc1Oc1ccccc1. The van der Waals surface area contributed by atoms with E-state index in [4.69, 9.17) is 14.6 Å². The Morgan fingerprint density at radius 1 is 1.00 bits per heavy atom. The van der Waals surface area contributed by atoms with Gasteiger partial charge >= 0.3 is 12.1 Å². The van der Waals surface area contributed by atoms with Crippen molar-refractivity contribution in [1.82, 2.24) is 0 Å². The monoisotopic (exact) mass is 476 g/mol. The number of aliphatic carboxylic acids is 1. The fourth-order valence-electron chi connectivity index (χ4n) is 3.02. The van der Waals surface area contributed by atoms with Gasteiger partial charge in [0.1, 0.15) is 5.75 Å². The number of thioether (sulfide) groups is 1. The Bertz CT molecular complexity index is 1070. The maximum atomic E-state index is 13.2. The normalized spacial score (nSPS) is 12.2. The first-order valence-corrected chi connectivity index (χ1v) is 11.2. The van der Waals surface area contributed by atoms with Gasteiger partial charge in [0.05, 0.1) is 18.1 Å². The molecule has 0 bridgehead atoms. The highest BCUT2D eigenvalue weighted by molar-refractivity contribution is 7.99. The maximum absolute atomic E-state index is 13.2. The lowest BCUT2D eigenvalue weighted by Gasteiger charge is -2.19. The van der Waals surface area contributed by atoms with Crippen LogP contribution in [0.25, 0.3) is 0 Å². The second-order valence-corrected chi connectivity index (χ2v) is 8.53. The largest absolute Gasteiger partial charge is 0.487 e. The van der Waals surface area contributed by atoms with E-state index in [0.29, 0.717) is 17.9 Å². The van der Waals surface area contributed by atoms with Crippen LogP contribution < -0.4 is 9.47 Å². The molecule has 3 rings (SSSR count). The zero-order valence-electron chi connectivity index (χ0n) is 17.8. The topological polar surface area (TPSA) is 55.8 Å². The van der Waals surface area contributed by atoms with Crippen molar-refractivity contribution in [1.29, 1.82) is 0 Å². The van der Waals surface area contributed by atoms with E-state index in [-0.39, 0.29) is 24.0 Å². The number of alkyl halides is 3. The number of halogens is 3. The van der Waals surface area contributed by atoms with Crippen molar-refractivity contribution in [3.05, 3.63) is 83.9 Å². The first-order chi connectivity index (χ1) is 15.7. The first-order valence-electron chi connectivity index (χ1n) is 10.2. The van der Waals surface area contributed by atoms with Gasteiger partial charge in [0.15, 0.2) is 11.5 Å². The average Bonchev–Trinajstić information content (AvgIpc) is 2.75. The molecular formula is C25H23F3O4S. The molecule has 174 valence electrons. The van der Waals surface area contributed by atoms with Gasteiger partial charge in [-0.25, -0.2) is 0 Å². The van der Waals surface area contributed by atoms with Gasteiger partial charge in [-0.05, 0) is 61.4 Å². The Morgan fingerprint density at radius 2 is 1.76 bits per heavy atom. The zero-order chi connectivity index (χ0) is 23.8. The highest BCUT2D eigenvalue weighted by Gasteiger charge is 2.31. The molecule has 0 aliphatic heterocycles. The van der Waals surface area contributed by atoms with Crippen LogP contribution in [0.15, 0.2) is 77.7 Å². The summed E-state index contributed by atoms with van der Waals surface area (Å²) in [7, 11) is 0. The Balaban J connectivity index is 1.64. The fourth-order valence-corrected chi connectivity index (χ4v) is 4.11. The highest BCUT2D eigenvalue weighted by Crippen LogP contribution is 2.39.